The lowest BCUT2D eigenvalue weighted by Crippen LogP contribution is -2.45. The number of hydrogen-bond donors (Lipinski definition) is 2. The number of carbonyl (C=O) groups excluding carboxylic acids is 2. The molecule has 164 valence electrons. The van der Waals surface area contributed by atoms with E-state index < -0.39 is 58.9 Å². The van der Waals surface area contributed by atoms with Crippen LogP contribution in [0.5, 0.6) is 5.75 Å². The Kier molecular flexibility index (Phi) is 5.24. The largest absolute Gasteiger partial charge is 0.503 e. The lowest BCUT2D eigenvalue weighted by atomic mass is 10.1. The molecule has 2 aliphatic heterocycles. The van der Waals surface area contributed by atoms with Gasteiger partial charge >= 0.3 is 0 Å². The summed E-state index contributed by atoms with van der Waals surface area (Å²) < 4.78 is 43.3. The first kappa shape index (κ1) is 21.0. The molecule has 2 amide bonds. The van der Waals surface area contributed by atoms with Crippen molar-refractivity contribution in [1.29, 1.82) is 0 Å². The number of halogens is 3. The van der Waals surface area contributed by atoms with Crippen molar-refractivity contribution in [2.45, 2.75) is 38.5 Å². The van der Waals surface area contributed by atoms with Gasteiger partial charge in [0, 0.05) is 24.8 Å². The van der Waals surface area contributed by atoms with Crippen LogP contribution in [0.4, 0.5) is 13.2 Å². The maximum Gasteiger partial charge on any atom is 0.274 e. The highest BCUT2D eigenvalue weighted by atomic mass is 19.1. The van der Waals surface area contributed by atoms with Gasteiger partial charge in [-0.3, -0.25) is 14.4 Å². The van der Waals surface area contributed by atoms with Crippen molar-refractivity contribution in [3.8, 4) is 5.75 Å². The third-order valence-corrected chi connectivity index (χ3v) is 5.71. The predicted octanol–water partition coefficient (Wildman–Crippen LogP) is 2.20. The first-order chi connectivity index (χ1) is 14.7. The molecule has 0 saturated carbocycles. The van der Waals surface area contributed by atoms with Crippen LogP contribution >= 0.6 is 0 Å². The van der Waals surface area contributed by atoms with Crippen LogP contribution in [-0.2, 0) is 6.54 Å². The van der Waals surface area contributed by atoms with Gasteiger partial charge in [0.2, 0.25) is 5.43 Å². The van der Waals surface area contributed by atoms with E-state index in [9.17, 15) is 32.7 Å². The molecule has 4 rings (SSSR count). The zero-order valence-corrected chi connectivity index (χ0v) is 16.6. The molecule has 1 aromatic heterocycles. The Morgan fingerprint density at radius 2 is 1.87 bits per heavy atom. The van der Waals surface area contributed by atoms with E-state index in [1.807, 2.05) is 0 Å². The van der Waals surface area contributed by atoms with E-state index in [-0.39, 0.29) is 30.8 Å². The molecule has 2 N–H and O–H groups in total. The fourth-order valence-corrected chi connectivity index (χ4v) is 4.11. The van der Waals surface area contributed by atoms with Crippen molar-refractivity contribution in [2.24, 2.45) is 0 Å². The minimum atomic E-state index is -1.22. The fourth-order valence-electron chi connectivity index (χ4n) is 4.11. The normalized spacial score (nSPS) is 20.3. The van der Waals surface area contributed by atoms with Crippen LogP contribution in [0.25, 0.3) is 0 Å². The van der Waals surface area contributed by atoms with Crippen LogP contribution < -0.4 is 10.7 Å². The number of nitrogens with zero attached hydrogens (tertiary/aromatic N) is 2. The van der Waals surface area contributed by atoms with Crippen LogP contribution in [0.2, 0.25) is 0 Å². The van der Waals surface area contributed by atoms with Gasteiger partial charge in [0.25, 0.3) is 11.8 Å². The van der Waals surface area contributed by atoms with Gasteiger partial charge in [-0.05, 0) is 37.5 Å². The quantitative estimate of drug-likeness (QED) is 0.774. The van der Waals surface area contributed by atoms with Crippen molar-refractivity contribution >= 4 is 11.8 Å². The van der Waals surface area contributed by atoms with Gasteiger partial charge in [-0.15, -0.1) is 0 Å². The van der Waals surface area contributed by atoms with Crippen LogP contribution in [0.1, 0.15) is 50.9 Å². The second kappa shape index (κ2) is 7.75. The number of alkyl halides is 1. The van der Waals surface area contributed by atoms with Crippen molar-refractivity contribution < 1.29 is 27.9 Å². The molecule has 0 spiro atoms. The number of rotatable bonds is 3. The maximum atomic E-state index is 14.0. The molecule has 0 aliphatic carbocycles. The van der Waals surface area contributed by atoms with Gasteiger partial charge in [-0.1, -0.05) is 0 Å². The molecule has 1 unspecified atom stereocenters. The molecule has 31 heavy (non-hydrogen) atoms. The van der Waals surface area contributed by atoms with Crippen LogP contribution in [0.15, 0.2) is 23.1 Å². The number of amides is 2. The average molecular weight is 435 g/mol. The molecule has 2 bridgehead atoms. The number of aryl methyl sites for hydroxylation is 1. The SMILES string of the molecule is Cc1cc(F)c(CNC(=O)c2cn3c(c(O)c2=O)C(=O)N2CC(F)CC[C@H]3C2)c(F)c1. The van der Waals surface area contributed by atoms with E-state index in [2.05, 4.69) is 5.32 Å². The third-order valence-electron chi connectivity index (χ3n) is 5.71. The molecular weight excluding hydrogens is 415 g/mol. The van der Waals surface area contributed by atoms with Crippen LogP contribution in [0.3, 0.4) is 0 Å². The summed E-state index contributed by atoms with van der Waals surface area (Å²) in [6.45, 7) is 1.07. The predicted molar refractivity (Wildman–Crippen MR) is 104 cm³/mol. The Bertz CT molecular complexity index is 1120. The number of aromatic hydroxyl groups is 1. The first-order valence-corrected chi connectivity index (χ1v) is 9.81. The molecule has 7 nitrogen and oxygen atoms in total. The van der Waals surface area contributed by atoms with Gasteiger partial charge in [0.15, 0.2) is 11.4 Å². The molecule has 1 fully saturated rings. The molecule has 3 heterocycles. The van der Waals surface area contributed by atoms with Gasteiger partial charge in [-0.2, -0.15) is 0 Å². The Balaban J connectivity index is 1.67. The van der Waals surface area contributed by atoms with Crippen LogP contribution in [-0.4, -0.2) is 45.6 Å². The zero-order valence-electron chi connectivity index (χ0n) is 16.6. The minimum absolute atomic E-state index is 0.126. The first-order valence-electron chi connectivity index (χ1n) is 9.81. The number of aromatic nitrogens is 1. The Hall–Kier alpha value is -3.30. The summed E-state index contributed by atoms with van der Waals surface area (Å²) in [6.07, 6.45) is 0.461. The number of fused-ring (bicyclic) bond motifs is 4. The van der Waals surface area contributed by atoms with E-state index in [1.165, 1.54) is 16.4 Å². The highest BCUT2D eigenvalue weighted by Gasteiger charge is 2.38. The second-order valence-electron chi connectivity index (χ2n) is 7.90. The molecule has 2 aromatic rings. The minimum Gasteiger partial charge on any atom is -0.503 e. The molecule has 0 radical (unpaired) electrons. The lowest BCUT2D eigenvalue weighted by molar-refractivity contribution is 0.0646. The van der Waals surface area contributed by atoms with Crippen molar-refractivity contribution in [2.75, 3.05) is 13.1 Å². The smallest absolute Gasteiger partial charge is 0.274 e. The number of nitrogens with one attached hydrogen (secondary N) is 1. The summed E-state index contributed by atoms with van der Waals surface area (Å²) in [5, 5.41) is 12.7. The van der Waals surface area contributed by atoms with Gasteiger partial charge in [0.05, 0.1) is 12.6 Å². The second-order valence-corrected chi connectivity index (χ2v) is 7.90. The van der Waals surface area contributed by atoms with Crippen molar-refractivity contribution in [3.63, 3.8) is 0 Å². The summed E-state index contributed by atoms with van der Waals surface area (Å²) in [6, 6.07) is 1.82. The molecule has 1 aromatic carbocycles. The van der Waals surface area contributed by atoms with Crippen molar-refractivity contribution in [3.05, 3.63) is 62.6 Å². The lowest BCUT2D eigenvalue weighted by Gasteiger charge is -2.34. The molecular formula is C21H20F3N3O4. The summed E-state index contributed by atoms with van der Waals surface area (Å²) >= 11 is 0. The van der Waals surface area contributed by atoms with E-state index in [4.69, 9.17) is 0 Å². The number of pyridine rings is 1. The Morgan fingerprint density at radius 3 is 2.55 bits per heavy atom. The van der Waals surface area contributed by atoms with Crippen LogP contribution in [0, 0.1) is 18.6 Å². The molecule has 1 saturated heterocycles. The monoisotopic (exact) mass is 435 g/mol. The topological polar surface area (TPSA) is 91.6 Å². The van der Waals surface area contributed by atoms with Crippen molar-refractivity contribution in [1.82, 2.24) is 14.8 Å². The highest BCUT2D eigenvalue weighted by molar-refractivity contribution is 5.99. The maximum absolute atomic E-state index is 14.0. The fraction of sp³-hybridized carbons (Fsp3) is 0.381. The number of benzene rings is 1. The van der Waals surface area contributed by atoms with Gasteiger partial charge in [-0.25, -0.2) is 13.2 Å². The molecule has 2 atom stereocenters. The third kappa shape index (κ3) is 3.66. The number of carbonyl (C=O) groups is 2. The summed E-state index contributed by atoms with van der Waals surface area (Å²) in [5.74, 6) is -4.23. The van der Waals surface area contributed by atoms with E-state index in [0.29, 0.717) is 12.0 Å². The van der Waals surface area contributed by atoms with Gasteiger partial charge in [0.1, 0.15) is 23.4 Å². The Morgan fingerprint density at radius 1 is 1.19 bits per heavy atom. The molecule has 10 heteroatoms. The molecule has 2 aliphatic rings. The van der Waals surface area contributed by atoms with E-state index in [1.54, 1.807) is 0 Å². The Labute approximate surface area is 175 Å². The summed E-state index contributed by atoms with van der Waals surface area (Å²) in [5.41, 5.74) is -1.84. The van der Waals surface area contributed by atoms with E-state index in [0.717, 1.165) is 18.3 Å². The van der Waals surface area contributed by atoms with Gasteiger partial charge < -0.3 is 19.9 Å². The number of hydrogen-bond acceptors (Lipinski definition) is 4. The highest BCUT2D eigenvalue weighted by Crippen LogP contribution is 2.32. The summed E-state index contributed by atoms with van der Waals surface area (Å²) in [7, 11) is 0. The standard InChI is InChI=1S/C21H20F3N3O4/c1-10-4-15(23)13(16(24)5-10)6-25-20(30)14-9-27-12-3-2-11(22)7-26(8-12)21(31)17(27)19(29)18(14)28/h4-5,9,11-12,29H,2-3,6-8H2,1H3,(H,25,30)/t11?,12-/m0/s1. The average Bonchev–Trinajstić information content (AvgIpc) is 2.87. The van der Waals surface area contributed by atoms with E-state index >= 15 is 0 Å². The zero-order chi connectivity index (χ0) is 22.4. The summed E-state index contributed by atoms with van der Waals surface area (Å²) in [4.78, 5) is 39.1.